The van der Waals surface area contributed by atoms with Gasteiger partial charge in [0, 0.05) is 22.8 Å². The molecule has 0 fully saturated rings. The molecule has 0 aliphatic heterocycles. The van der Waals surface area contributed by atoms with Gasteiger partial charge in [-0.15, -0.1) is 0 Å². The number of aromatic nitrogens is 2. The molecule has 0 aliphatic carbocycles. The van der Waals surface area contributed by atoms with Gasteiger partial charge in [0.1, 0.15) is 5.82 Å². The van der Waals surface area contributed by atoms with Crippen LogP contribution in [-0.4, -0.2) is 9.78 Å². The van der Waals surface area contributed by atoms with Crippen LogP contribution in [0.5, 0.6) is 0 Å². The SMILES string of the molecule is CCCn1cc(C(NN)c2cc(F)cc(Br)c2)cn1. The van der Waals surface area contributed by atoms with Crippen molar-refractivity contribution in [3.05, 3.63) is 52.0 Å². The molecule has 6 heteroatoms. The summed E-state index contributed by atoms with van der Waals surface area (Å²) in [5, 5.41) is 4.26. The molecule has 102 valence electrons. The maximum atomic E-state index is 13.4. The van der Waals surface area contributed by atoms with Gasteiger partial charge in [0.15, 0.2) is 0 Å². The lowest BCUT2D eigenvalue weighted by atomic mass is 10.0. The summed E-state index contributed by atoms with van der Waals surface area (Å²) in [7, 11) is 0. The van der Waals surface area contributed by atoms with Crippen LogP contribution < -0.4 is 11.3 Å². The van der Waals surface area contributed by atoms with E-state index < -0.39 is 0 Å². The number of nitrogens with two attached hydrogens (primary N) is 1. The van der Waals surface area contributed by atoms with Crippen molar-refractivity contribution in [3.63, 3.8) is 0 Å². The van der Waals surface area contributed by atoms with Crippen molar-refractivity contribution in [1.29, 1.82) is 0 Å². The lowest BCUT2D eigenvalue weighted by molar-refractivity contribution is 0.593. The topological polar surface area (TPSA) is 55.9 Å². The van der Waals surface area contributed by atoms with Crippen LogP contribution in [0.1, 0.15) is 30.5 Å². The van der Waals surface area contributed by atoms with Crippen molar-refractivity contribution < 1.29 is 4.39 Å². The molecule has 3 N–H and O–H groups in total. The van der Waals surface area contributed by atoms with Crippen LogP contribution >= 0.6 is 15.9 Å². The van der Waals surface area contributed by atoms with E-state index in [0.29, 0.717) is 4.47 Å². The number of rotatable bonds is 5. The van der Waals surface area contributed by atoms with E-state index >= 15 is 0 Å². The van der Waals surface area contributed by atoms with Gasteiger partial charge in [-0.2, -0.15) is 5.10 Å². The first-order valence-electron chi connectivity index (χ1n) is 6.08. The maximum absolute atomic E-state index is 13.4. The number of benzene rings is 1. The Labute approximate surface area is 119 Å². The summed E-state index contributed by atoms with van der Waals surface area (Å²) in [6.45, 7) is 2.94. The van der Waals surface area contributed by atoms with E-state index in [9.17, 15) is 4.39 Å². The van der Waals surface area contributed by atoms with Gasteiger partial charge in [0.25, 0.3) is 0 Å². The second-order valence-electron chi connectivity index (χ2n) is 4.34. The number of hydrogen-bond acceptors (Lipinski definition) is 3. The van der Waals surface area contributed by atoms with Gasteiger partial charge < -0.3 is 0 Å². The first kappa shape index (κ1) is 14.2. The van der Waals surface area contributed by atoms with E-state index in [-0.39, 0.29) is 11.9 Å². The molecule has 1 aromatic carbocycles. The Morgan fingerprint density at radius 1 is 1.42 bits per heavy atom. The molecule has 1 unspecified atom stereocenters. The largest absolute Gasteiger partial charge is 0.272 e. The Morgan fingerprint density at radius 2 is 2.21 bits per heavy atom. The van der Waals surface area contributed by atoms with Crippen LogP contribution in [0.25, 0.3) is 0 Å². The lowest BCUT2D eigenvalue weighted by Crippen LogP contribution is -2.28. The Bertz CT molecular complexity index is 535. The second-order valence-corrected chi connectivity index (χ2v) is 5.25. The highest BCUT2D eigenvalue weighted by Gasteiger charge is 2.15. The Kier molecular flexibility index (Phi) is 4.68. The van der Waals surface area contributed by atoms with E-state index in [2.05, 4.69) is 33.4 Å². The zero-order valence-corrected chi connectivity index (χ0v) is 12.2. The minimum atomic E-state index is -0.300. The van der Waals surface area contributed by atoms with E-state index in [1.807, 2.05) is 16.9 Å². The average molecular weight is 327 g/mol. The summed E-state index contributed by atoms with van der Waals surface area (Å²) in [6.07, 6.45) is 4.68. The van der Waals surface area contributed by atoms with Crippen molar-refractivity contribution in [2.24, 2.45) is 5.84 Å². The summed E-state index contributed by atoms with van der Waals surface area (Å²) in [5.41, 5.74) is 4.37. The third-order valence-corrected chi connectivity index (χ3v) is 3.28. The van der Waals surface area contributed by atoms with Gasteiger partial charge in [0.2, 0.25) is 0 Å². The molecule has 1 atom stereocenters. The van der Waals surface area contributed by atoms with Crippen molar-refractivity contribution in [2.75, 3.05) is 0 Å². The van der Waals surface area contributed by atoms with Gasteiger partial charge >= 0.3 is 0 Å². The molecule has 1 aromatic heterocycles. The number of hydrogen-bond donors (Lipinski definition) is 2. The fourth-order valence-electron chi connectivity index (χ4n) is 2.01. The molecular formula is C13H16BrFN4. The average Bonchev–Trinajstić information content (AvgIpc) is 2.78. The normalized spacial score (nSPS) is 12.6. The summed E-state index contributed by atoms with van der Waals surface area (Å²) in [5.74, 6) is 5.30. The molecule has 19 heavy (non-hydrogen) atoms. The minimum Gasteiger partial charge on any atom is -0.272 e. The first-order valence-corrected chi connectivity index (χ1v) is 6.87. The molecule has 0 spiro atoms. The molecule has 1 heterocycles. The minimum absolute atomic E-state index is 0.280. The van der Waals surface area contributed by atoms with Gasteiger partial charge in [-0.25, -0.2) is 9.82 Å². The third kappa shape index (κ3) is 3.40. The second kappa shape index (κ2) is 6.27. The molecular weight excluding hydrogens is 311 g/mol. The molecule has 4 nitrogen and oxygen atoms in total. The predicted molar refractivity (Wildman–Crippen MR) is 75.8 cm³/mol. The van der Waals surface area contributed by atoms with Crippen LogP contribution in [0.2, 0.25) is 0 Å². The number of nitrogens with one attached hydrogen (secondary N) is 1. The van der Waals surface area contributed by atoms with Gasteiger partial charge in [0.05, 0.1) is 12.2 Å². The number of hydrazine groups is 1. The molecule has 0 bridgehead atoms. The van der Waals surface area contributed by atoms with E-state index in [4.69, 9.17) is 5.84 Å². The molecule has 2 rings (SSSR count). The Hall–Kier alpha value is -1.24. The Morgan fingerprint density at radius 3 is 2.84 bits per heavy atom. The highest BCUT2D eigenvalue weighted by molar-refractivity contribution is 9.10. The van der Waals surface area contributed by atoms with Crippen molar-refractivity contribution in [1.82, 2.24) is 15.2 Å². The highest BCUT2D eigenvalue weighted by Crippen LogP contribution is 2.25. The van der Waals surface area contributed by atoms with E-state index in [1.165, 1.54) is 12.1 Å². The van der Waals surface area contributed by atoms with Crippen molar-refractivity contribution >= 4 is 15.9 Å². The standard InChI is InChI=1S/C13H16BrFN4/c1-2-3-19-8-10(7-17-19)13(18-16)9-4-11(14)6-12(15)5-9/h4-8,13,18H,2-3,16H2,1H3. The molecule has 0 aliphatic rings. The van der Waals surface area contributed by atoms with Crippen molar-refractivity contribution in [3.8, 4) is 0 Å². The summed E-state index contributed by atoms with van der Waals surface area (Å²) in [6, 6.07) is 4.44. The molecule has 0 radical (unpaired) electrons. The molecule has 0 saturated heterocycles. The van der Waals surface area contributed by atoms with Crippen LogP contribution in [0.4, 0.5) is 4.39 Å². The molecule has 0 amide bonds. The molecule has 2 aromatic rings. The maximum Gasteiger partial charge on any atom is 0.124 e. The highest BCUT2D eigenvalue weighted by atomic mass is 79.9. The number of aryl methyl sites for hydroxylation is 1. The van der Waals surface area contributed by atoms with Crippen LogP contribution in [-0.2, 0) is 6.54 Å². The third-order valence-electron chi connectivity index (χ3n) is 2.82. The van der Waals surface area contributed by atoms with E-state index in [1.54, 1.807) is 6.20 Å². The van der Waals surface area contributed by atoms with Crippen LogP contribution in [0, 0.1) is 5.82 Å². The van der Waals surface area contributed by atoms with E-state index in [0.717, 1.165) is 24.1 Å². The fourth-order valence-corrected chi connectivity index (χ4v) is 2.49. The first-order chi connectivity index (χ1) is 9.13. The predicted octanol–water partition coefficient (Wildman–Crippen LogP) is 2.75. The monoisotopic (exact) mass is 326 g/mol. The smallest absolute Gasteiger partial charge is 0.124 e. The Balaban J connectivity index is 2.32. The van der Waals surface area contributed by atoms with Crippen LogP contribution in [0.3, 0.4) is 0 Å². The fraction of sp³-hybridized carbons (Fsp3) is 0.308. The van der Waals surface area contributed by atoms with Gasteiger partial charge in [-0.3, -0.25) is 10.5 Å². The van der Waals surface area contributed by atoms with Gasteiger partial charge in [-0.05, 0) is 30.2 Å². The van der Waals surface area contributed by atoms with Crippen molar-refractivity contribution in [2.45, 2.75) is 25.9 Å². The quantitative estimate of drug-likeness (QED) is 0.656. The molecule has 0 saturated carbocycles. The summed E-state index contributed by atoms with van der Waals surface area (Å²) in [4.78, 5) is 0. The summed E-state index contributed by atoms with van der Waals surface area (Å²) >= 11 is 3.28. The zero-order chi connectivity index (χ0) is 13.8. The van der Waals surface area contributed by atoms with Gasteiger partial charge in [-0.1, -0.05) is 22.9 Å². The summed E-state index contributed by atoms with van der Waals surface area (Å²) < 4.78 is 16.0. The lowest BCUT2D eigenvalue weighted by Gasteiger charge is -2.15. The zero-order valence-electron chi connectivity index (χ0n) is 10.6. The number of halogens is 2. The van der Waals surface area contributed by atoms with Crippen LogP contribution in [0.15, 0.2) is 35.1 Å². The number of nitrogens with zero attached hydrogens (tertiary/aromatic N) is 2.